The van der Waals surface area contributed by atoms with Crippen LogP contribution in [0.4, 0.5) is 0 Å². The lowest BCUT2D eigenvalue weighted by Crippen LogP contribution is -2.52. The third kappa shape index (κ3) is 3.55. The SMILES string of the molecule is O=C(NC1CC2CCC(C1)N2C(=O)CC1CCCC1)c1ccncc1. The van der Waals surface area contributed by atoms with Crippen molar-refractivity contribution in [1.82, 2.24) is 15.2 Å². The molecule has 1 aromatic heterocycles. The summed E-state index contributed by atoms with van der Waals surface area (Å²) in [4.78, 5) is 31.3. The molecule has 0 aromatic carbocycles. The minimum Gasteiger partial charge on any atom is -0.349 e. The summed E-state index contributed by atoms with van der Waals surface area (Å²) in [7, 11) is 0. The van der Waals surface area contributed by atoms with Crippen LogP contribution in [0.2, 0.25) is 0 Å². The van der Waals surface area contributed by atoms with Crippen LogP contribution in [0.15, 0.2) is 24.5 Å². The van der Waals surface area contributed by atoms with Crippen LogP contribution in [0.1, 0.15) is 68.1 Å². The largest absolute Gasteiger partial charge is 0.349 e. The molecule has 2 amide bonds. The van der Waals surface area contributed by atoms with Crippen LogP contribution in [-0.4, -0.2) is 39.8 Å². The van der Waals surface area contributed by atoms with E-state index in [1.165, 1.54) is 25.7 Å². The fourth-order valence-electron chi connectivity index (χ4n) is 5.04. The van der Waals surface area contributed by atoms with Gasteiger partial charge >= 0.3 is 0 Å². The molecule has 2 aliphatic heterocycles. The van der Waals surface area contributed by atoms with Gasteiger partial charge in [0, 0.05) is 42.5 Å². The van der Waals surface area contributed by atoms with Gasteiger partial charge < -0.3 is 10.2 Å². The molecule has 1 aromatic rings. The fraction of sp³-hybridized carbons (Fsp3) is 0.650. The number of amides is 2. The Labute approximate surface area is 149 Å². The van der Waals surface area contributed by atoms with Gasteiger partial charge in [0.2, 0.25) is 5.91 Å². The number of hydrogen-bond donors (Lipinski definition) is 1. The Kier molecular flexibility index (Phi) is 4.73. The van der Waals surface area contributed by atoms with Crippen molar-refractivity contribution in [1.29, 1.82) is 0 Å². The number of nitrogens with zero attached hydrogens (tertiary/aromatic N) is 2. The van der Waals surface area contributed by atoms with E-state index < -0.39 is 0 Å². The molecule has 5 nitrogen and oxygen atoms in total. The van der Waals surface area contributed by atoms with E-state index in [-0.39, 0.29) is 11.9 Å². The number of carbonyl (C=O) groups excluding carboxylic acids is 2. The van der Waals surface area contributed by atoms with E-state index in [9.17, 15) is 9.59 Å². The van der Waals surface area contributed by atoms with E-state index in [2.05, 4.69) is 15.2 Å². The van der Waals surface area contributed by atoms with Crippen molar-refractivity contribution >= 4 is 11.8 Å². The number of fused-ring (bicyclic) bond motifs is 2. The topological polar surface area (TPSA) is 62.3 Å². The summed E-state index contributed by atoms with van der Waals surface area (Å²) < 4.78 is 0. The van der Waals surface area contributed by atoms with Crippen molar-refractivity contribution in [2.24, 2.45) is 5.92 Å². The summed E-state index contributed by atoms with van der Waals surface area (Å²) in [6.07, 6.45) is 13.0. The lowest BCUT2D eigenvalue weighted by molar-refractivity contribution is -0.136. The normalized spacial score (nSPS) is 29.0. The van der Waals surface area contributed by atoms with Crippen molar-refractivity contribution < 1.29 is 9.59 Å². The number of aromatic nitrogens is 1. The molecule has 1 saturated carbocycles. The highest BCUT2D eigenvalue weighted by molar-refractivity contribution is 5.94. The molecule has 134 valence electrons. The highest BCUT2D eigenvalue weighted by atomic mass is 16.2. The lowest BCUT2D eigenvalue weighted by Gasteiger charge is -2.39. The molecule has 2 bridgehead atoms. The highest BCUT2D eigenvalue weighted by Gasteiger charge is 2.43. The van der Waals surface area contributed by atoms with Crippen LogP contribution in [0, 0.1) is 5.92 Å². The minimum absolute atomic E-state index is 0.0301. The number of piperidine rings is 1. The molecule has 4 rings (SSSR count). The average molecular weight is 341 g/mol. The molecule has 5 heteroatoms. The standard InChI is InChI=1S/C20H27N3O2/c24-19(11-14-3-1-2-4-14)23-17-5-6-18(23)13-16(12-17)22-20(25)15-7-9-21-10-8-15/h7-10,14,16-18H,1-6,11-13H2,(H,22,25). The van der Waals surface area contributed by atoms with E-state index in [1.807, 2.05) is 0 Å². The maximum absolute atomic E-state index is 12.8. The Morgan fingerprint density at radius 2 is 1.68 bits per heavy atom. The second-order valence-corrected chi connectivity index (χ2v) is 7.92. The van der Waals surface area contributed by atoms with Gasteiger partial charge in [-0.3, -0.25) is 14.6 Å². The molecule has 1 aliphatic carbocycles. The Balaban J connectivity index is 1.35. The fourth-order valence-corrected chi connectivity index (χ4v) is 5.04. The number of carbonyl (C=O) groups is 2. The van der Waals surface area contributed by atoms with Gasteiger partial charge in [-0.15, -0.1) is 0 Å². The van der Waals surface area contributed by atoms with Crippen molar-refractivity contribution in [2.75, 3.05) is 0 Å². The van der Waals surface area contributed by atoms with Gasteiger partial charge in [-0.05, 0) is 56.6 Å². The Morgan fingerprint density at radius 3 is 2.32 bits per heavy atom. The Hall–Kier alpha value is -1.91. The monoisotopic (exact) mass is 341 g/mol. The maximum atomic E-state index is 12.8. The van der Waals surface area contributed by atoms with E-state index in [0.717, 1.165) is 32.1 Å². The summed E-state index contributed by atoms with van der Waals surface area (Å²) in [6, 6.07) is 4.29. The average Bonchev–Trinajstić information content (AvgIpc) is 3.22. The summed E-state index contributed by atoms with van der Waals surface area (Å²) >= 11 is 0. The molecule has 3 aliphatic rings. The molecule has 3 fully saturated rings. The Morgan fingerprint density at radius 1 is 1.04 bits per heavy atom. The predicted molar refractivity (Wildman–Crippen MR) is 95.0 cm³/mol. The number of nitrogens with one attached hydrogen (secondary N) is 1. The molecule has 0 radical (unpaired) electrons. The second kappa shape index (κ2) is 7.14. The van der Waals surface area contributed by atoms with Crippen LogP contribution >= 0.6 is 0 Å². The first-order valence-corrected chi connectivity index (χ1v) is 9.73. The molecule has 2 atom stereocenters. The highest BCUT2D eigenvalue weighted by Crippen LogP contribution is 2.38. The van der Waals surface area contributed by atoms with Crippen LogP contribution in [-0.2, 0) is 4.79 Å². The van der Waals surface area contributed by atoms with Crippen LogP contribution in [0.3, 0.4) is 0 Å². The van der Waals surface area contributed by atoms with Crippen molar-refractivity contribution in [3.8, 4) is 0 Å². The summed E-state index contributed by atoms with van der Waals surface area (Å²) in [6.45, 7) is 0. The van der Waals surface area contributed by atoms with E-state index in [4.69, 9.17) is 0 Å². The van der Waals surface area contributed by atoms with Gasteiger partial charge in [-0.2, -0.15) is 0 Å². The summed E-state index contributed by atoms with van der Waals surface area (Å²) in [5.41, 5.74) is 0.655. The van der Waals surface area contributed by atoms with E-state index in [0.29, 0.717) is 29.5 Å². The predicted octanol–water partition coefficient (Wildman–Crippen LogP) is 2.91. The molecule has 1 N–H and O–H groups in total. The molecule has 25 heavy (non-hydrogen) atoms. The lowest BCUT2D eigenvalue weighted by atomic mass is 9.95. The summed E-state index contributed by atoms with van der Waals surface area (Å²) in [5, 5.41) is 3.16. The third-order valence-corrected chi connectivity index (χ3v) is 6.24. The Bertz CT molecular complexity index is 613. The number of pyridine rings is 1. The zero-order chi connectivity index (χ0) is 17.2. The maximum Gasteiger partial charge on any atom is 0.251 e. The van der Waals surface area contributed by atoms with Gasteiger partial charge in [0.15, 0.2) is 0 Å². The van der Waals surface area contributed by atoms with Crippen molar-refractivity contribution in [3.63, 3.8) is 0 Å². The number of rotatable bonds is 4. The first-order valence-electron chi connectivity index (χ1n) is 9.73. The van der Waals surface area contributed by atoms with Crippen molar-refractivity contribution in [3.05, 3.63) is 30.1 Å². The quantitative estimate of drug-likeness (QED) is 0.916. The molecular weight excluding hydrogens is 314 g/mol. The zero-order valence-electron chi connectivity index (χ0n) is 14.7. The minimum atomic E-state index is -0.0301. The molecule has 0 spiro atoms. The van der Waals surface area contributed by atoms with Crippen molar-refractivity contribution in [2.45, 2.75) is 75.9 Å². The van der Waals surface area contributed by atoms with Gasteiger partial charge in [-0.1, -0.05) is 12.8 Å². The molecular formula is C20H27N3O2. The van der Waals surface area contributed by atoms with Crippen LogP contribution in [0.5, 0.6) is 0 Å². The van der Waals surface area contributed by atoms with Gasteiger partial charge in [0.05, 0.1) is 0 Å². The number of hydrogen-bond acceptors (Lipinski definition) is 3. The van der Waals surface area contributed by atoms with Gasteiger partial charge in [0.1, 0.15) is 0 Å². The van der Waals surface area contributed by atoms with Crippen LogP contribution < -0.4 is 5.32 Å². The first kappa shape index (κ1) is 16.6. The van der Waals surface area contributed by atoms with Crippen LogP contribution in [0.25, 0.3) is 0 Å². The third-order valence-electron chi connectivity index (χ3n) is 6.24. The van der Waals surface area contributed by atoms with Gasteiger partial charge in [0.25, 0.3) is 5.91 Å². The van der Waals surface area contributed by atoms with E-state index in [1.54, 1.807) is 24.5 Å². The van der Waals surface area contributed by atoms with E-state index >= 15 is 0 Å². The van der Waals surface area contributed by atoms with Gasteiger partial charge in [-0.25, -0.2) is 0 Å². The smallest absolute Gasteiger partial charge is 0.251 e. The molecule has 2 saturated heterocycles. The zero-order valence-corrected chi connectivity index (χ0v) is 14.7. The second-order valence-electron chi connectivity index (χ2n) is 7.92. The summed E-state index contributed by atoms with van der Waals surface area (Å²) in [5.74, 6) is 0.937. The molecule has 2 unspecified atom stereocenters. The molecule has 3 heterocycles. The first-order chi connectivity index (χ1) is 12.2.